The third kappa shape index (κ3) is 5.13. The van der Waals surface area contributed by atoms with Crippen molar-refractivity contribution in [1.82, 2.24) is 9.55 Å². The number of aliphatic hydroxyl groups is 1. The lowest BCUT2D eigenvalue weighted by molar-refractivity contribution is -0.174. The molecule has 0 aromatic carbocycles. The van der Waals surface area contributed by atoms with Crippen molar-refractivity contribution in [1.29, 1.82) is 0 Å². The molecule has 0 atom stereocenters. The minimum Gasteiger partial charge on any atom is -0.390 e. The van der Waals surface area contributed by atoms with Gasteiger partial charge in [-0.25, -0.2) is 4.98 Å². The van der Waals surface area contributed by atoms with Gasteiger partial charge in [-0.05, 0) is 6.42 Å². The van der Waals surface area contributed by atoms with Crippen LogP contribution in [0.4, 0.5) is 13.2 Å². The average Bonchev–Trinajstić information content (AvgIpc) is 2.63. The lowest BCUT2D eigenvalue weighted by Crippen LogP contribution is -2.17. The van der Waals surface area contributed by atoms with E-state index in [4.69, 9.17) is 5.11 Å². The lowest BCUT2D eigenvalue weighted by Gasteiger charge is -2.07. The summed E-state index contributed by atoms with van der Waals surface area (Å²) in [6.07, 6.45) is -0.630. The van der Waals surface area contributed by atoms with Crippen molar-refractivity contribution < 1.29 is 23.0 Å². The second kappa shape index (κ2) is 5.86. The fourth-order valence-electron chi connectivity index (χ4n) is 1.15. The number of hydrogen-bond acceptors (Lipinski definition) is 3. The third-order valence-corrected chi connectivity index (χ3v) is 1.82. The normalized spacial score (nSPS) is 12.0. The summed E-state index contributed by atoms with van der Waals surface area (Å²) in [5, 5.41) is 8.72. The van der Waals surface area contributed by atoms with E-state index in [1.54, 1.807) is 10.8 Å². The molecule has 0 amide bonds. The fraction of sp³-hybridized carbons (Fsp3) is 0.667. The monoisotopic (exact) mass is 238 g/mol. The molecule has 0 saturated carbocycles. The number of rotatable bonds is 6. The number of halogens is 3. The van der Waals surface area contributed by atoms with Gasteiger partial charge in [-0.15, -0.1) is 0 Å². The van der Waals surface area contributed by atoms with Gasteiger partial charge in [0.05, 0.1) is 18.6 Å². The Morgan fingerprint density at radius 3 is 2.75 bits per heavy atom. The summed E-state index contributed by atoms with van der Waals surface area (Å²) >= 11 is 0. The van der Waals surface area contributed by atoms with Crippen molar-refractivity contribution in [2.75, 3.05) is 13.2 Å². The molecule has 1 heterocycles. The van der Waals surface area contributed by atoms with Crippen LogP contribution in [0.2, 0.25) is 0 Å². The van der Waals surface area contributed by atoms with Gasteiger partial charge in [-0.2, -0.15) is 13.2 Å². The first-order chi connectivity index (χ1) is 7.51. The van der Waals surface area contributed by atoms with Crippen LogP contribution >= 0.6 is 0 Å². The van der Waals surface area contributed by atoms with E-state index in [2.05, 4.69) is 9.72 Å². The van der Waals surface area contributed by atoms with Crippen LogP contribution in [-0.2, 0) is 17.9 Å². The van der Waals surface area contributed by atoms with Gasteiger partial charge in [-0.1, -0.05) is 0 Å². The second-order valence-electron chi connectivity index (χ2n) is 3.28. The van der Waals surface area contributed by atoms with Crippen molar-refractivity contribution in [3.8, 4) is 0 Å². The van der Waals surface area contributed by atoms with Gasteiger partial charge in [0, 0.05) is 19.3 Å². The fourth-order valence-corrected chi connectivity index (χ4v) is 1.15. The molecule has 0 aliphatic heterocycles. The first-order valence-electron chi connectivity index (χ1n) is 4.77. The predicted octanol–water partition coefficient (Wildman–Crippen LogP) is 1.34. The molecule has 0 radical (unpaired) electrons. The van der Waals surface area contributed by atoms with Gasteiger partial charge in [0.1, 0.15) is 6.61 Å². The van der Waals surface area contributed by atoms with E-state index in [1.165, 1.54) is 6.33 Å². The molecule has 1 aromatic rings. The Balaban J connectivity index is 2.11. The van der Waals surface area contributed by atoms with Crippen LogP contribution < -0.4 is 0 Å². The number of ether oxygens (including phenoxy) is 1. The van der Waals surface area contributed by atoms with Crippen LogP contribution in [0.5, 0.6) is 0 Å². The van der Waals surface area contributed by atoms with E-state index in [1.807, 2.05) is 0 Å². The number of alkyl halides is 3. The minimum atomic E-state index is -4.26. The van der Waals surface area contributed by atoms with E-state index in [-0.39, 0.29) is 13.2 Å². The van der Waals surface area contributed by atoms with Gasteiger partial charge in [0.15, 0.2) is 0 Å². The first-order valence-corrected chi connectivity index (χ1v) is 4.77. The van der Waals surface area contributed by atoms with E-state index < -0.39 is 12.8 Å². The zero-order chi connectivity index (χ0) is 12.0. The minimum absolute atomic E-state index is 0.0478. The molecule has 4 nitrogen and oxygen atoms in total. The summed E-state index contributed by atoms with van der Waals surface area (Å²) in [5.41, 5.74) is 0.538. The van der Waals surface area contributed by atoms with Crippen molar-refractivity contribution in [3.63, 3.8) is 0 Å². The molecular formula is C9H13F3N2O2. The highest BCUT2D eigenvalue weighted by molar-refractivity contribution is 4.93. The third-order valence-electron chi connectivity index (χ3n) is 1.82. The van der Waals surface area contributed by atoms with E-state index in [0.717, 1.165) is 0 Å². The molecule has 1 N–H and O–H groups in total. The number of nitrogens with zero attached hydrogens (tertiary/aromatic N) is 2. The number of imidazole rings is 1. The van der Waals surface area contributed by atoms with Crippen LogP contribution in [0.15, 0.2) is 12.5 Å². The predicted molar refractivity (Wildman–Crippen MR) is 49.6 cm³/mol. The second-order valence-corrected chi connectivity index (χ2v) is 3.28. The van der Waals surface area contributed by atoms with Crippen LogP contribution in [0.1, 0.15) is 12.1 Å². The summed E-state index contributed by atoms with van der Waals surface area (Å²) in [6.45, 7) is -0.784. The topological polar surface area (TPSA) is 47.3 Å². The van der Waals surface area contributed by atoms with Crippen molar-refractivity contribution >= 4 is 0 Å². The zero-order valence-electron chi connectivity index (χ0n) is 8.57. The van der Waals surface area contributed by atoms with Gasteiger partial charge in [0.2, 0.25) is 0 Å². The first kappa shape index (κ1) is 13.0. The SMILES string of the molecule is OCc1cn(CCCOCC(F)(F)F)cn1. The highest BCUT2D eigenvalue weighted by atomic mass is 19.4. The van der Waals surface area contributed by atoms with Crippen LogP contribution in [-0.4, -0.2) is 34.0 Å². The van der Waals surface area contributed by atoms with E-state index >= 15 is 0 Å². The molecule has 1 aromatic heterocycles. The molecule has 0 saturated heterocycles. The average molecular weight is 238 g/mol. The van der Waals surface area contributed by atoms with Gasteiger partial charge in [0.25, 0.3) is 0 Å². The van der Waals surface area contributed by atoms with Crippen molar-refractivity contribution in [2.45, 2.75) is 25.7 Å². The van der Waals surface area contributed by atoms with Gasteiger partial charge < -0.3 is 14.4 Å². The summed E-state index contributed by atoms with van der Waals surface area (Å²) in [7, 11) is 0. The summed E-state index contributed by atoms with van der Waals surface area (Å²) in [6, 6.07) is 0. The molecule has 0 aliphatic carbocycles. The Morgan fingerprint density at radius 1 is 1.44 bits per heavy atom. The Morgan fingerprint density at radius 2 is 2.19 bits per heavy atom. The molecule has 7 heteroatoms. The number of aryl methyl sites for hydroxylation is 1. The molecule has 1 rings (SSSR count). The quantitative estimate of drug-likeness (QED) is 0.761. The zero-order valence-corrected chi connectivity index (χ0v) is 8.57. The Kier molecular flexibility index (Phi) is 4.75. The van der Waals surface area contributed by atoms with Gasteiger partial charge in [-0.3, -0.25) is 0 Å². The maximum atomic E-state index is 11.7. The molecule has 0 fully saturated rings. The van der Waals surface area contributed by atoms with Gasteiger partial charge >= 0.3 is 6.18 Å². The van der Waals surface area contributed by atoms with E-state index in [9.17, 15) is 13.2 Å². The summed E-state index contributed by atoms with van der Waals surface area (Å²) < 4.78 is 41.2. The van der Waals surface area contributed by atoms with Crippen molar-refractivity contribution in [2.24, 2.45) is 0 Å². The molecule has 92 valence electrons. The molecule has 0 spiro atoms. The maximum absolute atomic E-state index is 11.7. The standard InChI is InChI=1S/C9H13F3N2O2/c10-9(11,12)6-16-3-1-2-14-4-8(5-15)13-7-14/h4,7,15H,1-3,5-6H2. The molecule has 0 aliphatic rings. The van der Waals surface area contributed by atoms with Crippen molar-refractivity contribution in [3.05, 3.63) is 18.2 Å². The lowest BCUT2D eigenvalue weighted by atomic mass is 10.4. The summed E-state index contributed by atoms with van der Waals surface area (Å²) in [5.74, 6) is 0. The molecular weight excluding hydrogens is 225 g/mol. The Bertz CT molecular complexity index is 312. The number of hydrogen-bond donors (Lipinski definition) is 1. The number of aromatic nitrogens is 2. The highest BCUT2D eigenvalue weighted by Crippen LogP contribution is 2.14. The Labute approximate surface area is 90.7 Å². The van der Waals surface area contributed by atoms with Crippen LogP contribution in [0, 0.1) is 0 Å². The van der Waals surface area contributed by atoms with Crippen LogP contribution in [0.25, 0.3) is 0 Å². The smallest absolute Gasteiger partial charge is 0.390 e. The van der Waals surface area contributed by atoms with Crippen LogP contribution in [0.3, 0.4) is 0 Å². The molecule has 16 heavy (non-hydrogen) atoms. The summed E-state index contributed by atoms with van der Waals surface area (Å²) in [4.78, 5) is 3.86. The molecule has 0 bridgehead atoms. The largest absolute Gasteiger partial charge is 0.411 e. The molecule has 0 unspecified atom stereocenters. The number of aliphatic hydroxyl groups excluding tert-OH is 1. The Hall–Kier alpha value is -1.08. The highest BCUT2D eigenvalue weighted by Gasteiger charge is 2.27. The maximum Gasteiger partial charge on any atom is 0.411 e. The van der Waals surface area contributed by atoms with E-state index in [0.29, 0.717) is 18.7 Å².